The van der Waals surface area contributed by atoms with Gasteiger partial charge in [0, 0.05) is 0 Å². The molecule has 3 aromatic rings. The predicted molar refractivity (Wildman–Crippen MR) is 116 cm³/mol. The molecule has 0 spiro atoms. The van der Waals surface area contributed by atoms with Crippen LogP contribution in [0.1, 0.15) is 29.8 Å². The standard InChI is InChI=1S/C25H23NO4/c1-16(2)30-21-11-6-18(7-12-21)19-8-13-23-22(14-19)24(27)25(28)26(23)15-17-4-9-20(29-3)10-5-17/h4-14,16H,15H2,1-3H3. The Morgan fingerprint density at radius 2 is 1.47 bits per heavy atom. The van der Waals surface area contributed by atoms with Crippen molar-refractivity contribution in [3.05, 3.63) is 77.9 Å². The molecular formula is C25H23NO4. The van der Waals surface area contributed by atoms with Gasteiger partial charge in [0.15, 0.2) is 0 Å². The van der Waals surface area contributed by atoms with Gasteiger partial charge in [0.25, 0.3) is 11.7 Å². The smallest absolute Gasteiger partial charge is 0.299 e. The van der Waals surface area contributed by atoms with Crippen LogP contribution >= 0.6 is 0 Å². The van der Waals surface area contributed by atoms with E-state index in [9.17, 15) is 9.59 Å². The van der Waals surface area contributed by atoms with Gasteiger partial charge in [-0.3, -0.25) is 9.59 Å². The second-order valence-corrected chi connectivity index (χ2v) is 7.49. The Hall–Kier alpha value is -3.60. The molecule has 0 N–H and O–H groups in total. The Labute approximate surface area is 175 Å². The summed E-state index contributed by atoms with van der Waals surface area (Å²) in [4.78, 5) is 26.8. The molecule has 0 aliphatic carbocycles. The quantitative estimate of drug-likeness (QED) is 0.553. The first-order chi connectivity index (χ1) is 14.5. The van der Waals surface area contributed by atoms with Crippen molar-refractivity contribution < 1.29 is 19.1 Å². The zero-order valence-electron chi connectivity index (χ0n) is 17.2. The first kappa shape index (κ1) is 19.7. The zero-order chi connectivity index (χ0) is 21.3. The molecule has 1 aliphatic rings. The average molecular weight is 401 g/mol. The second-order valence-electron chi connectivity index (χ2n) is 7.49. The van der Waals surface area contributed by atoms with Gasteiger partial charge in [-0.05, 0) is 66.9 Å². The maximum absolute atomic E-state index is 12.6. The number of nitrogens with zero attached hydrogens (tertiary/aromatic N) is 1. The predicted octanol–water partition coefficient (Wildman–Crippen LogP) is 4.88. The van der Waals surface area contributed by atoms with Crippen molar-refractivity contribution in [1.82, 2.24) is 0 Å². The molecule has 0 aromatic heterocycles. The van der Waals surface area contributed by atoms with Gasteiger partial charge in [-0.1, -0.05) is 30.3 Å². The summed E-state index contributed by atoms with van der Waals surface area (Å²) in [5.41, 5.74) is 3.85. The molecule has 0 saturated carbocycles. The molecule has 0 radical (unpaired) electrons. The van der Waals surface area contributed by atoms with Gasteiger partial charge in [0.2, 0.25) is 0 Å². The minimum Gasteiger partial charge on any atom is -0.497 e. The Balaban J connectivity index is 1.60. The number of fused-ring (bicyclic) bond motifs is 1. The molecule has 3 aromatic carbocycles. The normalized spacial score (nSPS) is 13.0. The van der Waals surface area contributed by atoms with E-state index in [2.05, 4.69) is 0 Å². The molecule has 1 aliphatic heterocycles. The van der Waals surface area contributed by atoms with Crippen molar-refractivity contribution in [2.24, 2.45) is 0 Å². The summed E-state index contributed by atoms with van der Waals surface area (Å²) in [6.45, 7) is 4.30. The van der Waals surface area contributed by atoms with Crippen LogP contribution in [0.3, 0.4) is 0 Å². The van der Waals surface area contributed by atoms with Crippen molar-refractivity contribution in [2.45, 2.75) is 26.5 Å². The highest BCUT2D eigenvalue weighted by atomic mass is 16.5. The lowest BCUT2D eigenvalue weighted by atomic mass is 10.0. The molecule has 152 valence electrons. The number of rotatable bonds is 6. The summed E-state index contributed by atoms with van der Waals surface area (Å²) in [5.74, 6) is 0.572. The van der Waals surface area contributed by atoms with Gasteiger partial charge in [-0.25, -0.2) is 0 Å². The number of methoxy groups -OCH3 is 1. The molecule has 5 nitrogen and oxygen atoms in total. The topological polar surface area (TPSA) is 55.8 Å². The Kier molecular flexibility index (Phi) is 5.27. The summed E-state index contributed by atoms with van der Waals surface area (Å²) in [6.07, 6.45) is 0.108. The largest absolute Gasteiger partial charge is 0.497 e. The van der Waals surface area contributed by atoms with Crippen LogP contribution in [0.5, 0.6) is 11.5 Å². The van der Waals surface area contributed by atoms with Crippen molar-refractivity contribution in [3.8, 4) is 22.6 Å². The maximum Gasteiger partial charge on any atom is 0.299 e. The van der Waals surface area contributed by atoms with Crippen LogP contribution in [0.2, 0.25) is 0 Å². The molecule has 1 heterocycles. The van der Waals surface area contributed by atoms with Crippen LogP contribution in [0, 0.1) is 0 Å². The lowest BCUT2D eigenvalue weighted by Gasteiger charge is -2.17. The van der Waals surface area contributed by atoms with Crippen LogP contribution in [0.4, 0.5) is 5.69 Å². The van der Waals surface area contributed by atoms with Gasteiger partial charge in [0.1, 0.15) is 11.5 Å². The zero-order valence-corrected chi connectivity index (χ0v) is 17.2. The lowest BCUT2D eigenvalue weighted by Crippen LogP contribution is -2.29. The van der Waals surface area contributed by atoms with Crippen LogP contribution in [-0.2, 0) is 11.3 Å². The number of ether oxygens (including phenoxy) is 2. The number of hydrogen-bond donors (Lipinski definition) is 0. The fourth-order valence-corrected chi connectivity index (χ4v) is 3.55. The molecule has 0 unspecified atom stereocenters. The Morgan fingerprint density at radius 1 is 0.833 bits per heavy atom. The summed E-state index contributed by atoms with van der Waals surface area (Å²) < 4.78 is 10.9. The summed E-state index contributed by atoms with van der Waals surface area (Å²) in [6, 6.07) is 20.8. The average Bonchev–Trinajstić information content (AvgIpc) is 2.99. The molecule has 0 bridgehead atoms. The van der Waals surface area contributed by atoms with Crippen LogP contribution in [-0.4, -0.2) is 24.9 Å². The summed E-state index contributed by atoms with van der Waals surface area (Å²) in [5, 5.41) is 0. The molecule has 0 saturated heterocycles. The van der Waals surface area contributed by atoms with E-state index in [0.29, 0.717) is 17.8 Å². The first-order valence-corrected chi connectivity index (χ1v) is 9.86. The van der Waals surface area contributed by atoms with Gasteiger partial charge >= 0.3 is 0 Å². The van der Waals surface area contributed by atoms with Crippen LogP contribution in [0.15, 0.2) is 66.7 Å². The number of carbonyl (C=O) groups excluding carboxylic acids is 2. The van der Waals surface area contributed by atoms with E-state index in [1.165, 1.54) is 4.90 Å². The second kappa shape index (κ2) is 8.03. The van der Waals surface area contributed by atoms with E-state index >= 15 is 0 Å². The number of Topliss-reactive ketones (excluding diaryl/α,β-unsaturated/α-hetero) is 1. The molecule has 30 heavy (non-hydrogen) atoms. The van der Waals surface area contributed by atoms with Crippen LogP contribution in [0.25, 0.3) is 11.1 Å². The van der Waals surface area contributed by atoms with Crippen molar-refractivity contribution in [1.29, 1.82) is 0 Å². The SMILES string of the molecule is COc1ccc(CN2C(=O)C(=O)c3cc(-c4ccc(OC(C)C)cc4)ccc32)cc1. The highest BCUT2D eigenvalue weighted by molar-refractivity contribution is 6.52. The fraction of sp³-hybridized carbons (Fsp3) is 0.200. The summed E-state index contributed by atoms with van der Waals surface area (Å²) in [7, 11) is 1.61. The van der Waals surface area contributed by atoms with Gasteiger partial charge in [0.05, 0.1) is 31.0 Å². The Bertz CT molecular complexity index is 1090. The van der Waals surface area contributed by atoms with E-state index in [-0.39, 0.29) is 6.10 Å². The molecule has 0 atom stereocenters. The number of anilines is 1. The third-order valence-corrected chi connectivity index (χ3v) is 5.03. The number of benzene rings is 3. The van der Waals surface area contributed by atoms with Gasteiger partial charge in [-0.2, -0.15) is 0 Å². The lowest BCUT2D eigenvalue weighted by molar-refractivity contribution is -0.114. The summed E-state index contributed by atoms with van der Waals surface area (Å²) >= 11 is 0. The third kappa shape index (κ3) is 3.79. The maximum atomic E-state index is 12.6. The molecule has 0 fully saturated rings. The number of carbonyl (C=O) groups is 2. The van der Waals surface area contributed by atoms with Crippen molar-refractivity contribution in [2.75, 3.05) is 12.0 Å². The van der Waals surface area contributed by atoms with E-state index in [1.807, 2.05) is 74.5 Å². The molecule has 4 rings (SSSR count). The number of hydrogen-bond acceptors (Lipinski definition) is 4. The minimum absolute atomic E-state index is 0.108. The van der Waals surface area contributed by atoms with E-state index in [0.717, 1.165) is 28.2 Å². The Morgan fingerprint density at radius 3 is 2.10 bits per heavy atom. The van der Waals surface area contributed by atoms with E-state index in [4.69, 9.17) is 9.47 Å². The highest BCUT2D eigenvalue weighted by Gasteiger charge is 2.35. The minimum atomic E-state index is -0.501. The van der Waals surface area contributed by atoms with Gasteiger partial charge in [-0.15, -0.1) is 0 Å². The van der Waals surface area contributed by atoms with Crippen molar-refractivity contribution >= 4 is 17.4 Å². The number of ketones is 1. The first-order valence-electron chi connectivity index (χ1n) is 9.86. The van der Waals surface area contributed by atoms with Crippen LogP contribution < -0.4 is 14.4 Å². The highest BCUT2D eigenvalue weighted by Crippen LogP contribution is 2.34. The molecule has 5 heteroatoms. The van der Waals surface area contributed by atoms with Gasteiger partial charge < -0.3 is 14.4 Å². The van der Waals surface area contributed by atoms with E-state index < -0.39 is 11.7 Å². The third-order valence-electron chi connectivity index (χ3n) is 5.03. The monoisotopic (exact) mass is 401 g/mol. The number of amides is 1. The van der Waals surface area contributed by atoms with E-state index in [1.54, 1.807) is 13.2 Å². The van der Waals surface area contributed by atoms with Crippen molar-refractivity contribution in [3.63, 3.8) is 0 Å². The molecule has 1 amide bonds. The fourth-order valence-electron chi connectivity index (χ4n) is 3.55. The molecular weight excluding hydrogens is 378 g/mol.